The first-order valence-electron chi connectivity index (χ1n) is 9.23. The third kappa shape index (κ3) is 4.94. The highest BCUT2D eigenvalue weighted by molar-refractivity contribution is 5.80. The van der Waals surface area contributed by atoms with Crippen molar-refractivity contribution in [2.24, 2.45) is 5.92 Å². The molecule has 0 bridgehead atoms. The predicted molar refractivity (Wildman–Crippen MR) is 93.4 cm³/mol. The molecule has 2 fully saturated rings. The van der Waals surface area contributed by atoms with Gasteiger partial charge in [0.15, 0.2) is 0 Å². The molecule has 1 aromatic rings. The van der Waals surface area contributed by atoms with E-state index < -0.39 is 18.6 Å². The minimum absolute atomic E-state index is 0.0600. The van der Waals surface area contributed by atoms with Crippen LogP contribution in [0.2, 0.25) is 0 Å². The van der Waals surface area contributed by atoms with Crippen LogP contribution >= 0.6 is 0 Å². The van der Waals surface area contributed by atoms with Crippen LogP contribution in [0, 0.1) is 5.92 Å². The Morgan fingerprint density at radius 2 is 1.93 bits per heavy atom. The summed E-state index contributed by atoms with van der Waals surface area (Å²) in [5.74, 6) is -0.688. The highest BCUT2D eigenvalue weighted by Gasteiger charge is 2.45. The van der Waals surface area contributed by atoms with Gasteiger partial charge in [-0.2, -0.15) is 8.78 Å². The van der Waals surface area contributed by atoms with Crippen LogP contribution in [0.3, 0.4) is 0 Å². The molecule has 8 heteroatoms. The van der Waals surface area contributed by atoms with Crippen LogP contribution < -0.4 is 10.1 Å². The third-order valence-electron chi connectivity index (χ3n) is 5.47. The first kappa shape index (κ1) is 19.5. The lowest BCUT2D eigenvalue weighted by atomic mass is 9.85. The second-order valence-corrected chi connectivity index (χ2v) is 7.17. The normalized spacial score (nSPS) is 25.2. The van der Waals surface area contributed by atoms with Gasteiger partial charge in [-0.15, -0.1) is 0 Å². The van der Waals surface area contributed by atoms with Gasteiger partial charge in [0.2, 0.25) is 5.91 Å². The van der Waals surface area contributed by atoms with Crippen molar-refractivity contribution in [2.45, 2.75) is 57.3 Å². The van der Waals surface area contributed by atoms with Crippen LogP contribution in [-0.2, 0) is 16.1 Å². The molecule has 1 heterocycles. The van der Waals surface area contributed by atoms with Crippen LogP contribution in [-0.4, -0.2) is 47.1 Å². The Bertz CT molecular complexity index is 668. The average Bonchev–Trinajstić information content (AvgIpc) is 3.00. The predicted octanol–water partition coefficient (Wildman–Crippen LogP) is 2.62. The molecule has 1 saturated carbocycles. The van der Waals surface area contributed by atoms with Gasteiger partial charge < -0.3 is 15.2 Å². The molecule has 0 spiro atoms. The van der Waals surface area contributed by atoms with E-state index in [0.717, 1.165) is 31.2 Å². The number of carbonyl (C=O) groups is 2. The fourth-order valence-corrected chi connectivity index (χ4v) is 4.23. The number of alkyl halides is 2. The number of ether oxygens (including phenoxy) is 1. The molecule has 2 N–H and O–H groups in total. The quantitative estimate of drug-likeness (QED) is 0.758. The van der Waals surface area contributed by atoms with Crippen LogP contribution in [0.25, 0.3) is 0 Å². The number of hydrogen-bond donors (Lipinski definition) is 2. The fraction of sp³-hybridized carbons (Fsp3) is 0.579. The highest BCUT2D eigenvalue weighted by Crippen LogP contribution is 2.39. The lowest BCUT2D eigenvalue weighted by Gasteiger charge is -2.32. The standard InChI is InChI=1S/C19H24F2N2O4/c20-19(21)27-14-7-5-12(6-8-14)10-22-17(24)11-23-15-4-2-1-3-13(15)9-16(23)18(25)26/h5-8,13,15-16,19H,1-4,9-11H2,(H,22,24)(H,25,26). The van der Waals surface area contributed by atoms with E-state index in [1.165, 1.54) is 12.1 Å². The molecule has 1 aromatic carbocycles. The molecule has 3 rings (SSSR count). The Hall–Kier alpha value is -2.22. The topological polar surface area (TPSA) is 78.9 Å². The summed E-state index contributed by atoms with van der Waals surface area (Å²) in [4.78, 5) is 25.8. The molecule has 1 aliphatic carbocycles. The first-order valence-corrected chi connectivity index (χ1v) is 9.23. The summed E-state index contributed by atoms with van der Waals surface area (Å²) in [6, 6.07) is 5.60. The minimum atomic E-state index is -2.87. The smallest absolute Gasteiger partial charge is 0.387 e. The van der Waals surface area contributed by atoms with Crippen molar-refractivity contribution in [1.29, 1.82) is 0 Å². The van der Waals surface area contributed by atoms with Gasteiger partial charge in [-0.05, 0) is 42.9 Å². The van der Waals surface area contributed by atoms with Gasteiger partial charge in [0.05, 0.1) is 6.54 Å². The van der Waals surface area contributed by atoms with Crippen molar-refractivity contribution in [1.82, 2.24) is 10.2 Å². The zero-order valence-corrected chi connectivity index (χ0v) is 14.9. The molecular formula is C19H24F2N2O4. The Morgan fingerprint density at radius 1 is 1.22 bits per heavy atom. The average molecular weight is 382 g/mol. The van der Waals surface area contributed by atoms with Crippen molar-refractivity contribution in [2.75, 3.05) is 6.54 Å². The zero-order valence-electron chi connectivity index (χ0n) is 14.9. The van der Waals surface area contributed by atoms with E-state index in [1.54, 1.807) is 12.1 Å². The van der Waals surface area contributed by atoms with E-state index in [9.17, 15) is 23.5 Å². The molecule has 3 unspecified atom stereocenters. The Morgan fingerprint density at radius 3 is 2.59 bits per heavy atom. The lowest BCUT2D eigenvalue weighted by molar-refractivity contribution is -0.143. The van der Waals surface area contributed by atoms with Crippen molar-refractivity contribution in [3.63, 3.8) is 0 Å². The van der Waals surface area contributed by atoms with Gasteiger partial charge in [0.1, 0.15) is 11.8 Å². The molecule has 6 nitrogen and oxygen atoms in total. The highest BCUT2D eigenvalue weighted by atomic mass is 19.3. The van der Waals surface area contributed by atoms with E-state index in [4.69, 9.17) is 0 Å². The number of aliphatic carboxylic acids is 1. The summed E-state index contributed by atoms with van der Waals surface area (Å²) in [5.41, 5.74) is 0.747. The zero-order chi connectivity index (χ0) is 19.4. The number of carbonyl (C=O) groups excluding carboxylic acids is 1. The van der Waals surface area contributed by atoms with Gasteiger partial charge in [0.25, 0.3) is 0 Å². The molecule has 2 aliphatic rings. The Balaban J connectivity index is 1.54. The maximum atomic E-state index is 12.4. The third-order valence-corrected chi connectivity index (χ3v) is 5.47. The van der Waals surface area contributed by atoms with Crippen LogP contribution in [0.15, 0.2) is 24.3 Å². The van der Waals surface area contributed by atoms with Crippen LogP contribution in [0.5, 0.6) is 5.75 Å². The Kier molecular flexibility index (Phi) is 6.26. The molecule has 1 saturated heterocycles. The van der Waals surface area contributed by atoms with Gasteiger partial charge >= 0.3 is 12.6 Å². The van der Waals surface area contributed by atoms with Crippen molar-refractivity contribution < 1.29 is 28.2 Å². The number of benzene rings is 1. The second-order valence-electron chi connectivity index (χ2n) is 7.17. The molecular weight excluding hydrogens is 358 g/mol. The summed E-state index contributed by atoms with van der Waals surface area (Å²) >= 11 is 0. The first-order chi connectivity index (χ1) is 12.9. The van der Waals surface area contributed by atoms with E-state index >= 15 is 0 Å². The number of carboxylic acid groups (broad SMARTS) is 1. The largest absolute Gasteiger partial charge is 0.480 e. The van der Waals surface area contributed by atoms with Gasteiger partial charge in [-0.25, -0.2) is 0 Å². The monoisotopic (exact) mass is 382 g/mol. The number of rotatable bonds is 7. The minimum Gasteiger partial charge on any atom is -0.480 e. The number of nitrogens with one attached hydrogen (secondary N) is 1. The lowest BCUT2D eigenvalue weighted by Crippen LogP contribution is -2.47. The van der Waals surface area contributed by atoms with Crippen LogP contribution in [0.4, 0.5) is 8.78 Å². The maximum absolute atomic E-state index is 12.4. The fourth-order valence-electron chi connectivity index (χ4n) is 4.23. The van der Waals surface area contributed by atoms with Crippen molar-refractivity contribution in [3.05, 3.63) is 29.8 Å². The Labute approximate surface area is 156 Å². The molecule has 148 valence electrons. The number of fused-ring (bicyclic) bond motifs is 1. The number of amides is 1. The summed E-state index contributed by atoms with van der Waals surface area (Å²) in [6.07, 6.45) is 4.77. The van der Waals surface area contributed by atoms with E-state index in [2.05, 4.69) is 10.1 Å². The number of halogens is 2. The summed E-state index contributed by atoms with van der Waals surface area (Å²) in [7, 11) is 0. The van der Waals surface area contributed by atoms with E-state index in [1.807, 2.05) is 4.90 Å². The SMILES string of the molecule is O=C(CN1C(C(=O)O)CC2CCCCC21)NCc1ccc(OC(F)F)cc1. The van der Waals surface area contributed by atoms with Gasteiger partial charge in [0, 0.05) is 12.6 Å². The van der Waals surface area contributed by atoms with Crippen molar-refractivity contribution in [3.8, 4) is 5.75 Å². The number of carboxylic acids is 1. The number of hydrogen-bond acceptors (Lipinski definition) is 4. The molecule has 0 radical (unpaired) electrons. The summed E-state index contributed by atoms with van der Waals surface area (Å²) in [5, 5.41) is 12.3. The van der Waals surface area contributed by atoms with Crippen molar-refractivity contribution >= 4 is 11.9 Å². The number of nitrogens with zero attached hydrogens (tertiary/aromatic N) is 1. The molecule has 1 amide bonds. The molecule has 27 heavy (non-hydrogen) atoms. The van der Waals surface area contributed by atoms with E-state index in [0.29, 0.717) is 12.3 Å². The maximum Gasteiger partial charge on any atom is 0.387 e. The van der Waals surface area contributed by atoms with E-state index in [-0.39, 0.29) is 30.8 Å². The summed E-state index contributed by atoms with van der Waals surface area (Å²) < 4.78 is 28.6. The van der Waals surface area contributed by atoms with Gasteiger partial charge in [-0.1, -0.05) is 25.0 Å². The molecule has 0 aromatic heterocycles. The van der Waals surface area contributed by atoms with Crippen LogP contribution in [0.1, 0.15) is 37.7 Å². The second kappa shape index (κ2) is 8.65. The summed E-state index contributed by atoms with van der Waals surface area (Å²) in [6.45, 7) is -2.57. The molecule has 3 atom stereocenters. The number of likely N-dealkylation sites (tertiary alicyclic amines) is 1. The molecule has 1 aliphatic heterocycles. The van der Waals surface area contributed by atoms with Gasteiger partial charge in [-0.3, -0.25) is 14.5 Å².